The van der Waals surface area contributed by atoms with E-state index in [2.05, 4.69) is 25.3 Å². The van der Waals surface area contributed by atoms with Crippen molar-refractivity contribution in [3.63, 3.8) is 0 Å². The lowest BCUT2D eigenvalue weighted by atomic mass is 10.1. The number of hydrogen-bond donors (Lipinski definition) is 3. The van der Waals surface area contributed by atoms with E-state index in [-0.39, 0.29) is 0 Å². The normalized spacial score (nSPS) is 12.1. The topological polar surface area (TPSA) is 108 Å². The Morgan fingerprint density at radius 1 is 1.03 bits per heavy atom. The number of pyridine rings is 1. The van der Waals surface area contributed by atoms with E-state index in [1.54, 1.807) is 24.7 Å². The van der Waals surface area contributed by atoms with Crippen LogP contribution in [0, 0.1) is 11.5 Å². The van der Waals surface area contributed by atoms with E-state index in [1.807, 2.05) is 60.7 Å². The number of nitriles is 1. The number of benzene rings is 2. The highest BCUT2D eigenvalue weighted by atomic mass is 32.2. The Bertz CT molecular complexity index is 991. The molecule has 152 valence electrons. The summed E-state index contributed by atoms with van der Waals surface area (Å²) in [5.41, 5.74) is 2.71. The quantitative estimate of drug-likeness (QED) is 0.170. The number of rotatable bonds is 8. The molecule has 1 unspecified atom stereocenters. The highest BCUT2D eigenvalue weighted by Gasteiger charge is 2.16. The SMILES string of the molecule is N#C/N=C(\NCCCN[S+]([O-])c1ccccc1-c1ccccc1)Nc1cccnc1. The molecule has 1 heterocycles. The predicted molar refractivity (Wildman–Crippen MR) is 120 cm³/mol. The van der Waals surface area contributed by atoms with Crippen LogP contribution in [0.4, 0.5) is 5.69 Å². The van der Waals surface area contributed by atoms with E-state index in [4.69, 9.17) is 5.26 Å². The summed E-state index contributed by atoms with van der Waals surface area (Å²) in [6, 6.07) is 21.2. The van der Waals surface area contributed by atoms with Crippen LogP contribution in [0.1, 0.15) is 6.42 Å². The fourth-order valence-electron chi connectivity index (χ4n) is 2.76. The molecule has 3 rings (SSSR count). The summed E-state index contributed by atoms with van der Waals surface area (Å²) in [6.07, 6.45) is 5.77. The zero-order chi connectivity index (χ0) is 21.0. The first-order chi connectivity index (χ1) is 14.8. The first-order valence-corrected chi connectivity index (χ1v) is 10.6. The van der Waals surface area contributed by atoms with Crippen molar-refractivity contribution in [2.75, 3.05) is 18.4 Å². The molecule has 2 aromatic carbocycles. The van der Waals surface area contributed by atoms with Crippen LogP contribution in [-0.2, 0) is 11.4 Å². The van der Waals surface area contributed by atoms with Gasteiger partial charge in [-0.2, -0.15) is 5.26 Å². The number of nitrogens with zero attached hydrogens (tertiary/aromatic N) is 3. The van der Waals surface area contributed by atoms with Gasteiger partial charge in [-0.05, 0) is 36.2 Å². The Hall–Kier alpha value is -3.38. The number of hydrogen-bond acceptors (Lipinski definition) is 5. The van der Waals surface area contributed by atoms with Gasteiger partial charge in [0, 0.05) is 24.8 Å². The molecule has 7 nitrogen and oxygen atoms in total. The molecule has 0 aliphatic heterocycles. The van der Waals surface area contributed by atoms with E-state index >= 15 is 0 Å². The van der Waals surface area contributed by atoms with Gasteiger partial charge in [0.05, 0.1) is 23.2 Å². The Kier molecular flexibility index (Phi) is 8.23. The summed E-state index contributed by atoms with van der Waals surface area (Å²) in [6.45, 7) is 1.09. The van der Waals surface area contributed by atoms with Crippen LogP contribution in [0.3, 0.4) is 0 Å². The molecule has 1 aromatic heterocycles. The molecule has 0 aliphatic rings. The lowest BCUT2D eigenvalue weighted by molar-refractivity contribution is 0.578. The third kappa shape index (κ3) is 6.32. The molecule has 8 heteroatoms. The monoisotopic (exact) mass is 418 g/mol. The molecular weight excluding hydrogens is 396 g/mol. The maximum absolute atomic E-state index is 12.8. The maximum Gasteiger partial charge on any atom is 0.211 e. The van der Waals surface area contributed by atoms with E-state index < -0.39 is 11.4 Å². The Morgan fingerprint density at radius 3 is 2.60 bits per heavy atom. The van der Waals surface area contributed by atoms with Crippen molar-refractivity contribution in [2.24, 2.45) is 4.99 Å². The van der Waals surface area contributed by atoms with Gasteiger partial charge in [0.25, 0.3) is 0 Å². The second-order valence-corrected chi connectivity index (χ2v) is 7.50. The van der Waals surface area contributed by atoms with Crippen molar-refractivity contribution < 1.29 is 4.55 Å². The summed E-state index contributed by atoms with van der Waals surface area (Å²) in [5.74, 6) is 0.348. The van der Waals surface area contributed by atoms with Gasteiger partial charge >= 0.3 is 0 Å². The van der Waals surface area contributed by atoms with Gasteiger partial charge in [0.15, 0.2) is 4.90 Å². The largest absolute Gasteiger partial charge is 0.593 e. The van der Waals surface area contributed by atoms with Gasteiger partial charge in [0.2, 0.25) is 12.2 Å². The van der Waals surface area contributed by atoms with Gasteiger partial charge in [0.1, 0.15) is 0 Å². The fourth-order valence-corrected chi connectivity index (χ4v) is 3.83. The Balaban J connectivity index is 1.49. The lowest BCUT2D eigenvalue weighted by Gasteiger charge is -2.15. The van der Waals surface area contributed by atoms with Crippen molar-refractivity contribution >= 4 is 23.0 Å². The zero-order valence-electron chi connectivity index (χ0n) is 16.3. The summed E-state index contributed by atoms with van der Waals surface area (Å²) >= 11 is -1.33. The van der Waals surface area contributed by atoms with E-state index in [9.17, 15) is 4.55 Å². The van der Waals surface area contributed by atoms with E-state index in [0.717, 1.165) is 21.7 Å². The number of aromatic nitrogens is 1. The first-order valence-electron chi connectivity index (χ1n) is 9.45. The van der Waals surface area contributed by atoms with Crippen LogP contribution in [0.25, 0.3) is 11.1 Å². The van der Waals surface area contributed by atoms with Crippen LogP contribution >= 0.6 is 0 Å². The maximum atomic E-state index is 12.8. The van der Waals surface area contributed by atoms with Gasteiger partial charge < -0.3 is 15.2 Å². The molecule has 1 atom stereocenters. The number of nitrogens with one attached hydrogen (secondary N) is 3. The zero-order valence-corrected chi connectivity index (χ0v) is 17.1. The minimum Gasteiger partial charge on any atom is -0.593 e. The van der Waals surface area contributed by atoms with Crippen LogP contribution < -0.4 is 15.4 Å². The molecule has 0 bridgehead atoms. The average Bonchev–Trinajstić information content (AvgIpc) is 2.80. The second-order valence-electron chi connectivity index (χ2n) is 6.23. The molecule has 0 saturated carbocycles. The van der Waals surface area contributed by atoms with Crippen LogP contribution in [0.15, 0.2) is 89.0 Å². The highest BCUT2D eigenvalue weighted by molar-refractivity contribution is 7.89. The Morgan fingerprint density at radius 2 is 1.83 bits per heavy atom. The Labute approximate surface area is 179 Å². The molecular formula is C22H22N6OS. The van der Waals surface area contributed by atoms with Crippen molar-refractivity contribution in [3.8, 4) is 17.3 Å². The fraction of sp³-hybridized carbons (Fsp3) is 0.136. The highest BCUT2D eigenvalue weighted by Crippen LogP contribution is 2.26. The van der Waals surface area contributed by atoms with Gasteiger partial charge in [-0.15, -0.1) is 9.71 Å². The number of aliphatic imine (C=N–C) groups is 1. The molecule has 0 radical (unpaired) electrons. The van der Waals surface area contributed by atoms with Crippen LogP contribution in [0.2, 0.25) is 0 Å². The average molecular weight is 419 g/mol. The predicted octanol–water partition coefficient (Wildman–Crippen LogP) is 3.29. The van der Waals surface area contributed by atoms with E-state index in [0.29, 0.717) is 25.5 Å². The third-order valence-corrected chi connectivity index (χ3v) is 5.36. The first kappa shape index (κ1) is 21.3. The summed E-state index contributed by atoms with van der Waals surface area (Å²) in [7, 11) is 0. The molecule has 0 fully saturated rings. The van der Waals surface area contributed by atoms with Gasteiger partial charge in [-0.25, -0.2) is 0 Å². The molecule has 0 saturated heterocycles. The molecule has 3 aromatic rings. The summed E-state index contributed by atoms with van der Waals surface area (Å²) < 4.78 is 15.8. The second kappa shape index (κ2) is 11.6. The molecule has 0 aliphatic carbocycles. The van der Waals surface area contributed by atoms with E-state index in [1.165, 1.54) is 0 Å². The minimum atomic E-state index is -1.33. The standard InChI is InChI=1S/C22H22N6OS/c23-17-26-22(28-19-10-6-13-24-16-19)25-14-7-15-27-30(29)21-12-5-4-11-20(21)18-8-2-1-3-9-18/h1-6,8-13,16,27H,7,14-15H2,(H2,25,26,28). The van der Waals surface area contributed by atoms with Crippen molar-refractivity contribution in [1.82, 2.24) is 15.0 Å². The summed E-state index contributed by atoms with van der Waals surface area (Å²) in [5, 5.41) is 14.9. The van der Waals surface area contributed by atoms with Crippen LogP contribution in [0.5, 0.6) is 0 Å². The lowest BCUT2D eigenvalue weighted by Crippen LogP contribution is -2.33. The molecule has 3 N–H and O–H groups in total. The molecule has 0 amide bonds. The van der Waals surface area contributed by atoms with Crippen molar-refractivity contribution in [2.45, 2.75) is 11.3 Å². The summed E-state index contributed by atoms with van der Waals surface area (Å²) in [4.78, 5) is 8.50. The van der Waals surface area contributed by atoms with Crippen molar-refractivity contribution in [1.29, 1.82) is 5.26 Å². The van der Waals surface area contributed by atoms with Crippen molar-refractivity contribution in [3.05, 3.63) is 79.1 Å². The number of anilines is 1. The third-order valence-electron chi connectivity index (χ3n) is 4.14. The van der Waals surface area contributed by atoms with Gasteiger partial charge in [-0.3, -0.25) is 4.98 Å². The minimum absolute atomic E-state index is 0.348. The van der Waals surface area contributed by atoms with Crippen LogP contribution in [-0.4, -0.2) is 28.6 Å². The molecule has 0 spiro atoms. The smallest absolute Gasteiger partial charge is 0.211 e. The number of guanidine groups is 1. The van der Waals surface area contributed by atoms with Gasteiger partial charge in [-0.1, -0.05) is 42.5 Å². The molecule has 30 heavy (non-hydrogen) atoms.